The summed E-state index contributed by atoms with van der Waals surface area (Å²) >= 11 is 0. The number of aliphatic imine (C=N–C) groups is 1. The normalized spacial score (nSPS) is 12.0. The van der Waals surface area contributed by atoms with Crippen molar-refractivity contribution in [2.24, 2.45) is 4.99 Å². The van der Waals surface area contributed by atoms with Crippen LogP contribution in [-0.4, -0.2) is 32.3 Å². The molecule has 0 saturated heterocycles. The second-order valence-electron chi connectivity index (χ2n) is 5.71. The van der Waals surface area contributed by atoms with E-state index < -0.39 is 12.8 Å². The molecule has 2 aromatic carbocycles. The van der Waals surface area contributed by atoms with Crippen molar-refractivity contribution >= 4 is 5.96 Å². The Balaban J connectivity index is 1.86. The molecule has 2 aromatic rings. The summed E-state index contributed by atoms with van der Waals surface area (Å²) in [7, 11) is 1.57. The summed E-state index contributed by atoms with van der Waals surface area (Å²) in [6.07, 6.45) is -3.93. The summed E-state index contributed by atoms with van der Waals surface area (Å²) in [5.41, 5.74) is 1.16. The van der Waals surface area contributed by atoms with Gasteiger partial charge in [-0.15, -0.1) is 0 Å². The van der Waals surface area contributed by atoms with Crippen LogP contribution >= 0.6 is 0 Å². The highest BCUT2D eigenvalue weighted by atomic mass is 19.4. The van der Waals surface area contributed by atoms with Gasteiger partial charge in [0, 0.05) is 25.7 Å². The molecule has 0 amide bonds. The van der Waals surface area contributed by atoms with Crippen LogP contribution in [-0.2, 0) is 13.0 Å². The minimum atomic E-state index is -4.40. The van der Waals surface area contributed by atoms with Crippen molar-refractivity contribution in [1.82, 2.24) is 10.6 Å². The van der Waals surface area contributed by atoms with Gasteiger partial charge in [-0.25, -0.2) is 4.39 Å². The standard InChI is InChI=1S/C19H21F4N3O/c1-24-18(25-11-10-14-6-2-4-8-16(14)20)26-12-15-7-3-5-9-17(15)27-13-19(21,22)23/h2-9H,10-13H2,1H3,(H2,24,25,26). The molecule has 146 valence electrons. The van der Waals surface area contributed by atoms with Gasteiger partial charge in [-0.2, -0.15) is 13.2 Å². The highest BCUT2D eigenvalue weighted by Gasteiger charge is 2.28. The molecule has 0 atom stereocenters. The molecule has 0 fully saturated rings. The van der Waals surface area contributed by atoms with E-state index in [1.165, 1.54) is 12.1 Å². The second-order valence-corrected chi connectivity index (χ2v) is 5.71. The molecule has 0 aromatic heterocycles. The van der Waals surface area contributed by atoms with Crippen LogP contribution in [0.2, 0.25) is 0 Å². The maximum absolute atomic E-state index is 13.6. The first-order chi connectivity index (χ1) is 12.9. The third-order valence-electron chi connectivity index (χ3n) is 3.68. The highest BCUT2D eigenvalue weighted by molar-refractivity contribution is 5.79. The monoisotopic (exact) mass is 383 g/mol. The van der Waals surface area contributed by atoms with Crippen molar-refractivity contribution in [3.63, 3.8) is 0 Å². The van der Waals surface area contributed by atoms with Gasteiger partial charge in [-0.3, -0.25) is 4.99 Å². The first kappa shape index (κ1) is 20.5. The van der Waals surface area contributed by atoms with Gasteiger partial charge in [-0.05, 0) is 24.1 Å². The predicted octanol–water partition coefficient (Wildman–Crippen LogP) is 3.67. The molecule has 2 rings (SSSR count). The molecule has 0 spiro atoms. The van der Waals surface area contributed by atoms with E-state index in [9.17, 15) is 17.6 Å². The highest BCUT2D eigenvalue weighted by Crippen LogP contribution is 2.22. The first-order valence-corrected chi connectivity index (χ1v) is 8.34. The fourth-order valence-electron chi connectivity index (χ4n) is 2.37. The van der Waals surface area contributed by atoms with E-state index in [4.69, 9.17) is 4.74 Å². The fourth-order valence-corrected chi connectivity index (χ4v) is 2.37. The Morgan fingerprint density at radius 1 is 1.00 bits per heavy atom. The van der Waals surface area contributed by atoms with Crippen molar-refractivity contribution in [2.75, 3.05) is 20.2 Å². The summed E-state index contributed by atoms with van der Waals surface area (Å²) in [6.45, 7) is -0.667. The quantitative estimate of drug-likeness (QED) is 0.436. The van der Waals surface area contributed by atoms with Gasteiger partial charge in [0.2, 0.25) is 0 Å². The number of ether oxygens (including phenoxy) is 1. The third-order valence-corrected chi connectivity index (χ3v) is 3.68. The third kappa shape index (κ3) is 7.16. The minimum Gasteiger partial charge on any atom is -0.484 e. The molecule has 4 nitrogen and oxygen atoms in total. The number of rotatable bonds is 7. The van der Waals surface area contributed by atoms with E-state index in [2.05, 4.69) is 15.6 Å². The lowest BCUT2D eigenvalue weighted by Gasteiger charge is -2.15. The van der Waals surface area contributed by atoms with Crippen molar-refractivity contribution in [3.05, 3.63) is 65.5 Å². The Hall–Kier alpha value is -2.77. The molecule has 0 saturated carbocycles. The number of alkyl halides is 3. The summed E-state index contributed by atoms with van der Waals surface area (Å²) < 4.78 is 55.5. The maximum atomic E-state index is 13.6. The zero-order valence-electron chi connectivity index (χ0n) is 14.8. The smallest absolute Gasteiger partial charge is 0.422 e. The first-order valence-electron chi connectivity index (χ1n) is 8.34. The Labute approximate surface area is 155 Å². The van der Waals surface area contributed by atoms with Crippen LogP contribution < -0.4 is 15.4 Å². The summed E-state index contributed by atoms with van der Waals surface area (Å²) in [6, 6.07) is 13.0. The van der Waals surface area contributed by atoms with Gasteiger partial charge in [0.1, 0.15) is 11.6 Å². The van der Waals surface area contributed by atoms with Crippen LogP contribution in [0, 0.1) is 5.82 Å². The van der Waals surface area contributed by atoms with Gasteiger partial charge in [0.15, 0.2) is 12.6 Å². The van der Waals surface area contributed by atoms with Crippen LogP contribution in [0.5, 0.6) is 5.75 Å². The Bertz CT molecular complexity index is 763. The molecule has 0 bridgehead atoms. The Morgan fingerprint density at radius 2 is 1.67 bits per heavy atom. The van der Waals surface area contributed by atoms with E-state index in [-0.39, 0.29) is 18.1 Å². The summed E-state index contributed by atoms with van der Waals surface area (Å²) in [4.78, 5) is 4.05. The number of hydrogen-bond donors (Lipinski definition) is 2. The molecule has 2 N–H and O–H groups in total. The van der Waals surface area contributed by atoms with E-state index in [1.807, 2.05) is 0 Å². The number of nitrogens with zero attached hydrogens (tertiary/aromatic N) is 1. The average Bonchev–Trinajstić information content (AvgIpc) is 2.64. The second kappa shape index (κ2) is 9.80. The van der Waals surface area contributed by atoms with E-state index >= 15 is 0 Å². The molecule has 27 heavy (non-hydrogen) atoms. The van der Waals surface area contributed by atoms with Crippen molar-refractivity contribution in [3.8, 4) is 5.75 Å². The predicted molar refractivity (Wildman–Crippen MR) is 96.3 cm³/mol. The van der Waals surface area contributed by atoms with Gasteiger partial charge in [0.25, 0.3) is 0 Å². The van der Waals surface area contributed by atoms with E-state index in [0.717, 1.165) is 0 Å². The molecular weight excluding hydrogens is 362 g/mol. The molecule has 0 unspecified atom stereocenters. The summed E-state index contributed by atoms with van der Waals surface area (Å²) in [5, 5.41) is 6.05. The van der Waals surface area contributed by atoms with Gasteiger partial charge in [0.05, 0.1) is 0 Å². The average molecular weight is 383 g/mol. The van der Waals surface area contributed by atoms with E-state index in [1.54, 1.807) is 43.4 Å². The van der Waals surface area contributed by atoms with Crippen LogP contribution in [0.4, 0.5) is 17.6 Å². The topological polar surface area (TPSA) is 45.7 Å². The Morgan fingerprint density at radius 3 is 2.33 bits per heavy atom. The molecule has 8 heteroatoms. The number of hydrogen-bond acceptors (Lipinski definition) is 2. The number of guanidine groups is 1. The number of halogens is 4. The lowest BCUT2D eigenvalue weighted by Crippen LogP contribution is -2.38. The molecular formula is C19H21F4N3O. The van der Waals surface area contributed by atoms with Crippen molar-refractivity contribution < 1.29 is 22.3 Å². The zero-order valence-corrected chi connectivity index (χ0v) is 14.8. The fraction of sp³-hybridized carbons (Fsp3) is 0.316. The van der Waals surface area contributed by atoms with Gasteiger partial charge < -0.3 is 15.4 Å². The minimum absolute atomic E-state index is 0.157. The van der Waals surface area contributed by atoms with Crippen LogP contribution in [0.1, 0.15) is 11.1 Å². The molecule has 0 aliphatic carbocycles. The number of para-hydroxylation sites is 1. The maximum Gasteiger partial charge on any atom is 0.422 e. The summed E-state index contributed by atoms with van der Waals surface area (Å²) in [5.74, 6) is 0.346. The molecule has 0 aliphatic heterocycles. The van der Waals surface area contributed by atoms with Crippen molar-refractivity contribution in [1.29, 1.82) is 0 Å². The largest absolute Gasteiger partial charge is 0.484 e. The SMILES string of the molecule is CN=C(NCCc1ccccc1F)NCc1ccccc1OCC(F)(F)F. The molecule has 0 aliphatic rings. The van der Waals surface area contributed by atoms with Crippen LogP contribution in [0.25, 0.3) is 0 Å². The molecule has 0 radical (unpaired) electrons. The Kier molecular flexibility index (Phi) is 7.45. The van der Waals surface area contributed by atoms with Crippen LogP contribution in [0.15, 0.2) is 53.5 Å². The lowest BCUT2D eigenvalue weighted by atomic mass is 10.1. The van der Waals surface area contributed by atoms with Gasteiger partial charge >= 0.3 is 6.18 Å². The van der Waals surface area contributed by atoms with E-state index in [0.29, 0.717) is 30.1 Å². The van der Waals surface area contributed by atoms with Crippen molar-refractivity contribution in [2.45, 2.75) is 19.1 Å². The number of benzene rings is 2. The van der Waals surface area contributed by atoms with Crippen LogP contribution in [0.3, 0.4) is 0 Å². The number of nitrogens with one attached hydrogen (secondary N) is 2. The molecule has 0 heterocycles. The zero-order chi connectivity index (χ0) is 19.7. The lowest BCUT2D eigenvalue weighted by molar-refractivity contribution is -0.153. The van der Waals surface area contributed by atoms with Gasteiger partial charge in [-0.1, -0.05) is 36.4 Å².